The van der Waals surface area contributed by atoms with E-state index in [0.717, 1.165) is 11.8 Å². The van der Waals surface area contributed by atoms with E-state index in [1.165, 1.54) is 0 Å². The SMILES string of the molecule is Cc1c(C)c(O)c(SCCS(=O)(=O)O)c(C)c1O. The van der Waals surface area contributed by atoms with Gasteiger partial charge in [0.15, 0.2) is 0 Å². The molecule has 1 aromatic carbocycles. The van der Waals surface area contributed by atoms with Crippen LogP contribution in [-0.4, -0.2) is 34.7 Å². The first-order valence-electron chi connectivity index (χ1n) is 5.24. The Morgan fingerprint density at radius 2 is 1.50 bits per heavy atom. The van der Waals surface area contributed by atoms with Gasteiger partial charge in [0.2, 0.25) is 0 Å². The van der Waals surface area contributed by atoms with E-state index in [0.29, 0.717) is 21.6 Å². The Labute approximate surface area is 111 Å². The van der Waals surface area contributed by atoms with Gasteiger partial charge in [0.05, 0.1) is 10.6 Å². The van der Waals surface area contributed by atoms with Gasteiger partial charge in [0.1, 0.15) is 11.5 Å². The largest absolute Gasteiger partial charge is 0.507 e. The van der Waals surface area contributed by atoms with Crippen molar-refractivity contribution in [2.24, 2.45) is 0 Å². The van der Waals surface area contributed by atoms with E-state index in [9.17, 15) is 18.6 Å². The lowest BCUT2D eigenvalue weighted by Crippen LogP contribution is -2.06. The number of phenols is 2. The fourth-order valence-corrected chi connectivity index (χ4v) is 3.50. The zero-order valence-corrected chi connectivity index (χ0v) is 12.0. The quantitative estimate of drug-likeness (QED) is 0.446. The number of hydrogen-bond acceptors (Lipinski definition) is 5. The summed E-state index contributed by atoms with van der Waals surface area (Å²) in [6.07, 6.45) is 0. The van der Waals surface area contributed by atoms with E-state index in [1.807, 2.05) is 0 Å². The van der Waals surface area contributed by atoms with Crippen molar-refractivity contribution in [2.75, 3.05) is 11.5 Å². The standard InChI is InChI=1S/C11H16O5S2/c1-6-7(2)10(13)11(8(3)9(6)12)17-4-5-18(14,15)16/h12-13H,4-5H2,1-3H3,(H,14,15,16). The number of hydrogen-bond donors (Lipinski definition) is 3. The minimum atomic E-state index is -4.01. The summed E-state index contributed by atoms with van der Waals surface area (Å²) in [7, 11) is -4.01. The molecule has 18 heavy (non-hydrogen) atoms. The highest BCUT2D eigenvalue weighted by Gasteiger charge is 2.17. The van der Waals surface area contributed by atoms with Gasteiger partial charge >= 0.3 is 0 Å². The van der Waals surface area contributed by atoms with Gasteiger partial charge in [-0.1, -0.05) is 0 Å². The lowest BCUT2D eigenvalue weighted by Gasteiger charge is -2.15. The van der Waals surface area contributed by atoms with Crippen molar-refractivity contribution >= 4 is 21.9 Å². The van der Waals surface area contributed by atoms with Crippen molar-refractivity contribution in [1.82, 2.24) is 0 Å². The molecule has 0 saturated heterocycles. The number of phenolic OH excluding ortho intramolecular Hbond substituents is 2. The van der Waals surface area contributed by atoms with Gasteiger partial charge in [-0.3, -0.25) is 4.55 Å². The summed E-state index contributed by atoms with van der Waals surface area (Å²) in [6, 6.07) is 0. The molecule has 0 aliphatic carbocycles. The molecular formula is C11H16O5S2. The van der Waals surface area contributed by atoms with Crippen LogP contribution in [0.25, 0.3) is 0 Å². The second-order valence-corrected chi connectivity index (χ2v) is 6.71. The van der Waals surface area contributed by atoms with E-state index in [4.69, 9.17) is 4.55 Å². The third kappa shape index (κ3) is 3.30. The maximum atomic E-state index is 10.6. The van der Waals surface area contributed by atoms with Crippen LogP contribution in [-0.2, 0) is 10.1 Å². The molecule has 1 aromatic rings. The van der Waals surface area contributed by atoms with Crippen LogP contribution in [0.1, 0.15) is 16.7 Å². The number of aromatic hydroxyl groups is 2. The third-order valence-electron chi connectivity index (χ3n) is 2.77. The van der Waals surface area contributed by atoms with Crippen LogP contribution in [0, 0.1) is 20.8 Å². The Hall–Kier alpha value is -0.920. The summed E-state index contributed by atoms with van der Waals surface area (Å²) < 4.78 is 29.9. The highest BCUT2D eigenvalue weighted by atomic mass is 32.2. The van der Waals surface area contributed by atoms with Crippen molar-refractivity contribution in [2.45, 2.75) is 25.7 Å². The summed E-state index contributed by atoms with van der Waals surface area (Å²) in [5.74, 6) is -0.151. The monoisotopic (exact) mass is 292 g/mol. The molecule has 102 valence electrons. The molecule has 0 aliphatic rings. The predicted molar refractivity (Wildman–Crippen MR) is 71.1 cm³/mol. The van der Waals surface area contributed by atoms with Crippen molar-refractivity contribution in [3.63, 3.8) is 0 Å². The van der Waals surface area contributed by atoms with Gasteiger partial charge in [0.25, 0.3) is 10.1 Å². The fraction of sp³-hybridized carbons (Fsp3) is 0.455. The Balaban J connectivity index is 3.03. The van der Waals surface area contributed by atoms with Gasteiger partial charge < -0.3 is 10.2 Å². The maximum absolute atomic E-state index is 10.6. The van der Waals surface area contributed by atoms with Gasteiger partial charge in [-0.25, -0.2) is 0 Å². The molecule has 0 fully saturated rings. The van der Waals surface area contributed by atoms with Crippen LogP contribution in [0.3, 0.4) is 0 Å². The van der Waals surface area contributed by atoms with Crippen LogP contribution in [0.4, 0.5) is 0 Å². The van der Waals surface area contributed by atoms with E-state index in [1.54, 1.807) is 20.8 Å². The molecule has 0 unspecified atom stereocenters. The van der Waals surface area contributed by atoms with Gasteiger partial charge in [0, 0.05) is 11.3 Å². The molecule has 0 aromatic heterocycles. The smallest absolute Gasteiger partial charge is 0.265 e. The Morgan fingerprint density at radius 1 is 1.00 bits per heavy atom. The van der Waals surface area contributed by atoms with E-state index in [2.05, 4.69) is 0 Å². The van der Waals surface area contributed by atoms with E-state index >= 15 is 0 Å². The molecule has 0 heterocycles. The lowest BCUT2D eigenvalue weighted by atomic mass is 10.0. The summed E-state index contributed by atoms with van der Waals surface area (Å²) in [6.45, 7) is 5.03. The molecule has 0 saturated carbocycles. The predicted octanol–water partition coefficient (Wildman–Crippen LogP) is 2.00. The summed E-state index contributed by atoms with van der Waals surface area (Å²) in [5.41, 5.74) is 1.67. The Kier molecular flexibility index (Phi) is 4.52. The highest BCUT2D eigenvalue weighted by molar-refractivity contribution is 8.00. The molecule has 7 heteroatoms. The molecular weight excluding hydrogens is 276 g/mol. The molecule has 0 amide bonds. The summed E-state index contributed by atoms with van der Waals surface area (Å²) >= 11 is 1.09. The van der Waals surface area contributed by atoms with E-state index in [-0.39, 0.29) is 17.3 Å². The van der Waals surface area contributed by atoms with Crippen LogP contribution >= 0.6 is 11.8 Å². The first-order valence-corrected chi connectivity index (χ1v) is 7.84. The first-order chi connectivity index (χ1) is 8.15. The minimum Gasteiger partial charge on any atom is -0.507 e. The highest BCUT2D eigenvalue weighted by Crippen LogP contribution is 2.41. The Morgan fingerprint density at radius 3 is 2.00 bits per heavy atom. The lowest BCUT2D eigenvalue weighted by molar-refractivity contribution is 0.437. The molecule has 0 bridgehead atoms. The maximum Gasteiger partial charge on any atom is 0.265 e. The van der Waals surface area contributed by atoms with Gasteiger partial charge in [-0.2, -0.15) is 8.42 Å². The second kappa shape index (κ2) is 5.38. The fourth-order valence-electron chi connectivity index (χ4n) is 1.52. The zero-order chi connectivity index (χ0) is 14.1. The average Bonchev–Trinajstić information content (AvgIpc) is 2.27. The molecule has 3 N–H and O–H groups in total. The molecule has 0 spiro atoms. The molecule has 0 atom stereocenters. The summed E-state index contributed by atoms with van der Waals surface area (Å²) in [4.78, 5) is 0.444. The number of rotatable bonds is 4. The summed E-state index contributed by atoms with van der Waals surface area (Å²) in [5, 5.41) is 19.8. The van der Waals surface area contributed by atoms with Gasteiger partial charge in [-0.15, -0.1) is 11.8 Å². The zero-order valence-electron chi connectivity index (χ0n) is 10.4. The Bertz CT molecular complexity index is 534. The van der Waals surface area contributed by atoms with Crippen molar-refractivity contribution < 1.29 is 23.2 Å². The van der Waals surface area contributed by atoms with Crippen LogP contribution in [0.2, 0.25) is 0 Å². The van der Waals surface area contributed by atoms with Crippen LogP contribution in [0.5, 0.6) is 11.5 Å². The van der Waals surface area contributed by atoms with Crippen LogP contribution < -0.4 is 0 Å². The van der Waals surface area contributed by atoms with Crippen LogP contribution in [0.15, 0.2) is 4.90 Å². The molecule has 0 radical (unpaired) electrons. The number of thioether (sulfide) groups is 1. The molecule has 1 rings (SSSR count). The van der Waals surface area contributed by atoms with Gasteiger partial charge in [-0.05, 0) is 31.9 Å². The second-order valence-electron chi connectivity index (χ2n) is 4.04. The molecule has 5 nitrogen and oxygen atoms in total. The topological polar surface area (TPSA) is 94.8 Å². The third-order valence-corrected chi connectivity index (χ3v) is 4.95. The van der Waals surface area contributed by atoms with Crippen molar-refractivity contribution in [3.8, 4) is 11.5 Å². The normalized spacial score (nSPS) is 11.8. The van der Waals surface area contributed by atoms with Crippen molar-refractivity contribution in [3.05, 3.63) is 16.7 Å². The first kappa shape index (κ1) is 15.1. The minimum absolute atomic E-state index is 0.0446. The van der Waals surface area contributed by atoms with E-state index < -0.39 is 15.9 Å². The number of benzene rings is 1. The van der Waals surface area contributed by atoms with Crippen molar-refractivity contribution in [1.29, 1.82) is 0 Å². The average molecular weight is 292 g/mol. The molecule has 0 aliphatic heterocycles.